The van der Waals surface area contributed by atoms with Crippen LogP contribution in [0.25, 0.3) is 0 Å². The molecular weight excluding hydrogens is 364 g/mol. The summed E-state index contributed by atoms with van der Waals surface area (Å²) < 4.78 is 23.8. The number of carbonyl (C=O) groups excluding carboxylic acids is 2. The molecule has 27 heavy (non-hydrogen) atoms. The van der Waals surface area contributed by atoms with Gasteiger partial charge in [0.1, 0.15) is 6.04 Å². The molecule has 1 heterocycles. The Hall–Kier alpha value is -1.89. The van der Waals surface area contributed by atoms with Gasteiger partial charge in [0.05, 0.1) is 16.3 Å². The molecule has 3 rings (SSSR count). The van der Waals surface area contributed by atoms with Gasteiger partial charge >= 0.3 is 0 Å². The zero-order valence-electron chi connectivity index (χ0n) is 16.2. The highest BCUT2D eigenvalue weighted by Crippen LogP contribution is 2.39. The molecule has 0 bridgehead atoms. The SMILES string of the molecule is CC[C@@H](C)C1C(=O)Nc2cc(S(C)(=O)=O)ccc2N1C(=O)C1CCCCC1. The van der Waals surface area contributed by atoms with E-state index in [0.717, 1.165) is 44.8 Å². The molecule has 1 unspecified atom stereocenters. The van der Waals surface area contributed by atoms with E-state index in [1.54, 1.807) is 11.0 Å². The number of carbonyl (C=O) groups is 2. The van der Waals surface area contributed by atoms with Gasteiger partial charge in [0.2, 0.25) is 11.8 Å². The summed E-state index contributed by atoms with van der Waals surface area (Å²) in [5.41, 5.74) is 0.995. The maximum atomic E-state index is 13.4. The summed E-state index contributed by atoms with van der Waals surface area (Å²) in [6.45, 7) is 3.98. The largest absolute Gasteiger partial charge is 0.322 e. The molecule has 6 nitrogen and oxygen atoms in total. The quantitative estimate of drug-likeness (QED) is 0.851. The summed E-state index contributed by atoms with van der Waals surface area (Å²) in [7, 11) is -3.40. The molecule has 148 valence electrons. The minimum atomic E-state index is -3.40. The van der Waals surface area contributed by atoms with Crippen LogP contribution < -0.4 is 10.2 Å². The summed E-state index contributed by atoms with van der Waals surface area (Å²) in [5, 5.41) is 2.83. The molecular formula is C20H28N2O4S. The van der Waals surface area contributed by atoms with Crippen LogP contribution >= 0.6 is 0 Å². The molecule has 1 aliphatic heterocycles. The van der Waals surface area contributed by atoms with Gasteiger partial charge in [0.15, 0.2) is 9.84 Å². The normalized spacial score (nSPS) is 22.1. The van der Waals surface area contributed by atoms with E-state index >= 15 is 0 Å². The molecule has 2 aliphatic rings. The molecule has 0 radical (unpaired) electrons. The molecule has 0 saturated heterocycles. The van der Waals surface area contributed by atoms with Crippen molar-refractivity contribution in [2.45, 2.75) is 63.3 Å². The van der Waals surface area contributed by atoms with Crippen LogP contribution in [-0.2, 0) is 19.4 Å². The Morgan fingerprint density at radius 2 is 1.93 bits per heavy atom. The number of nitrogens with one attached hydrogen (secondary N) is 1. The van der Waals surface area contributed by atoms with Gasteiger partial charge in [-0.3, -0.25) is 14.5 Å². The van der Waals surface area contributed by atoms with E-state index in [1.165, 1.54) is 12.1 Å². The Bertz CT molecular complexity index is 844. The predicted molar refractivity (Wildman–Crippen MR) is 105 cm³/mol. The van der Waals surface area contributed by atoms with Crippen LogP contribution in [0.3, 0.4) is 0 Å². The fourth-order valence-electron chi connectivity index (χ4n) is 4.07. The highest BCUT2D eigenvalue weighted by atomic mass is 32.2. The van der Waals surface area contributed by atoms with Crippen molar-refractivity contribution in [2.75, 3.05) is 16.5 Å². The summed E-state index contributed by atoms with van der Waals surface area (Å²) in [4.78, 5) is 28.0. The van der Waals surface area contributed by atoms with E-state index < -0.39 is 15.9 Å². The lowest BCUT2D eigenvalue weighted by Crippen LogP contribution is -2.55. The fraction of sp³-hybridized carbons (Fsp3) is 0.600. The van der Waals surface area contributed by atoms with Crippen LogP contribution in [0.15, 0.2) is 23.1 Å². The Morgan fingerprint density at radius 1 is 1.26 bits per heavy atom. The second kappa shape index (κ2) is 7.62. The Morgan fingerprint density at radius 3 is 2.52 bits per heavy atom. The van der Waals surface area contributed by atoms with E-state index in [4.69, 9.17) is 0 Å². The Kier molecular flexibility index (Phi) is 5.60. The van der Waals surface area contributed by atoms with Crippen LogP contribution in [0, 0.1) is 11.8 Å². The summed E-state index contributed by atoms with van der Waals surface area (Å²) >= 11 is 0. The molecule has 1 N–H and O–H groups in total. The fourth-order valence-corrected chi connectivity index (χ4v) is 4.72. The number of nitrogens with zero attached hydrogens (tertiary/aromatic N) is 1. The number of benzene rings is 1. The van der Waals surface area contributed by atoms with Crippen molar-refractivity contribution in [1.29, 1.82) is 0 Å². The molecule has 1 fully saturated rings. The van der Waals surface area contributed by atoms with Gasteiger partial charge in [0, 0.05) is 12.2 Å². The average Bonchev–Trinajstić information content (AvgIpc) is 2.65. The van der Waals surface area contributed by atoms with Gasteiger partial charge < -0.3 is 5.32 Å². The van der Waals surface area contributed by atoms with E-state index in [9.17, 15) is 18.0 Å². The number of anilines is 2. The highest BCUT2D eigenvalue weighted by molar-refractivity contribution is 7.90. The van der Waals surface area contributed by atoms with Gasteiger partial charge in [-0.05, 0) is 37.0 Å². The van der Waals surface area contributed by atoms with E-state index in [2.05, 4.69) is 5.32 Å². The number of hydrogen-bond donors (Lipinski definition) is 1. The standard InChI is InChI=1S/C20H28N2O4S/c1-4-13(2)18-19(23)21-16-12-15(27(3,25)26)10-11-17(16)22(18)20(24)14-8-6-5-7-9-14/h10-14,18H,4-9H2,1-3H3,(H,21,23)/t13-,18?/m1/s1. The average molecular weight is 393 g/mol. The summed E-state index contributed by atoms with van der Waals surface area (Å²) in [5.74, 6) is -0.325. The first-order valence-corrected chi connectivity index (χ1v) is 11.6. The maximum Gasteiger partial charge on any atom is 0.247 e. The molecule has 1 aliphatic carbocycles. The minimum Gasteiger partial charge on any atom is -0.322 e. The second-order valence-electron chi connectivity index (χ2n) is 7.81. The van der Waals surface area contributed by atoms with Crippen LogP contribution in [0.1, 0.15) is 52.4 Å². The van der Waals surface area contributed by atoms with Gasteiger partial charge in [-0.25, -0.2) is 8.42 Å². The van der Waals surface area contributed by atoms with E-state index in [1.807, 2.05) is 13.8 Å². The van der Waals surface area contributed by atoms with Crippen molar-refractivity contribution in [3.05, 3.63) is 18.2 Å². The monoisotopic (exact) mass is 392 g/mol. The third-order valence-corrected chi connectivity index (χ3v) is 6.95. The number of fused-ring (bicyclic) bond motifs is 1. The number of amides is 2. The summed E-state index contributed by atoms with van der Waals surface area (Å²) in [6, 6.07) is 4.05. The van der Waals surface area contributed by atoms with Crippen molar-refractivity contribution in [3.8, 4) is 0 Å². The van der Waals surface area contributed by atoms with Gasteiger partial charge in [-0.1, -0.05) is 39.5 Å². The van der Waals surface area contributed by atoms with Crippen molar-refractivity contribution >= 4 is 33.0 Å². The molecule has 1 aromatic carbocycles. The Balaban J connectivity index is 2.07. The lowest BCUT2D eigenvalue weighted by atomic mass is 9.86. The topological polar surface area (TPSA) is 83.6 Å². The van der Waals surface area contributed by atoms with Gasteiger partial charge in [0.25, 0.3) is 0 Å². The molecule has 7 heteroatoms. The maximum absolute atomic E-state index is 13.4. The van der Waals surface area contributed by atoms with Crippen molar-refractivity contribution < 1.29 is 18.0 Å². The van der Waals surface area contributed by atoms with Crippen LogP contribution in [0.4, 0.5) is 11.4 Å². The molecule has 1 aromatic rings. The van der Waals surface area contributed by atoms with Gasteiger partial charge in [-0.15, -0.1) is 0 Å². The first-order valence-electron chi connectivity index (χ1n) is 9.72. The number of hydrogen-bond acceptors (Lipinski definition) is 4. The molecule has 0 spiro atoms. The lowest BCUT2D eigenvalue weighted by molar-refractivity contribution is -0.128. The molecule has 0 aromatic heterocycles. The second-order valence-corrected chi connectivity index (χ2v) is 9.83. The zero-order chi connectivity index (χ0) is 19.8. The third-order valence-electron chi connectivity index (χ3n) is 5.84. The first kappa shape index (κ1) is 19.9. The lowest BCUT2D eigenvalue weighted by Gasteiger charge is -2.41. The first-order chi connectivity index (χ1) is 12.7. The van der Waals surface area contributed by atoms with Gasteiger partial charge in [-0.2, -0.15) is 0 Å². The summed E-state index contributed by atoms with van der Waals surface area (Å²) in [6.07, 6.45) is 6.80. The number of rotatable bonds is 4. The zero-order valence-corrected chi connectivity index (χ0v) is 17.0. The number of sulfone groups is 1. The van der Waals surface area contributed by atoms with Crippen molar-refractivity contribution in [1.82, 2.24) is 0 Å². The Labute approximate surface area is 161 Å². The van der Waals surface area contributed by atoms with E-state index in [-0.39, 0.29) is 28.5 Å². The van der Waals surface area contributed by atoms with Crippen molar-refractivity contribution in [3.63, 3.8) is 0 Å². The molecule has 2 amide bonds. The van der Waals surface area contributed by atoms with E-state index in [0.29, 0.717) is 11.4 Å². The minimum absolute atomic E-state index is 0.000255. The predicted octanol–water partition coefficient (Wildman–Crippen LogP) is 3.37. The van der Waals surface area contributed by atoms with Crippen LogP contribution in [0.5, 0.6) is 0 Å². The molecule has 2 atom stereocenters. The van der Waals surface area contributed by atoms with Crippen molar-refractivity contribution in [2.24, 2.45) is 11.8 Å². The highest BCUT2D eigenvalue weighted by Gasteiger charge is 2.42. The third kappa shape index (κ3) is 3.88. The van der Waals surface area contributed by atoms with Crippen LogP contribution in [-0.4, -0.2) is 32.5 Å². The van der Waals surface area contributed by atoms with Crippen LogP contribution in [0.2, 0.25) is 0 Å². The smallest absolute Gasteiger partial charge is 0.247 e. The molecule has 1 saturated carbocycles.